The van der Waals surface area contributed by atoms with E-state index in [0.717, 1.165) is 12.1 Å². The molecule has 2 aromatic rings. The molecule has 2 amide bonds. The number of anilines is 2. The third-order valence-corrected chi connectivity index (χ3v) is 4.98. The van der Waals surface area contributed by atoms with Crippen LogP contribution in [0.3, 0.4) is 0 Å². The van der Waals surface area contributed by atoms with E-state index < -0.39 is 0 Å². The number of nitrogens with zero attached hydrogens (tertiary/aromatic N) is 1. The molecule has 3 N–H and O–H groups in total. The highest BCUT2D eigenvalue weighted by molar-refractivity contribution is 6.05. The van der Waals surface area contributed by atoms with Crippen LogP contribution in [0, 0.1) is 5.92 Å². The standard InChI is InChI=1S/C19H22N4O3/c24-18-11-26-16-9-13(6-7-15(16)20-18)19(25)21-17-10-14(22-23-17)8-12-4-2-1-3-5-12/h6-7,9-10,12H,1-5,8,11H2,(H,20,24)(H2,21,22,23,25). The molecule has 0 radical (unpaired) electrons. The topological polar surface area (TPSA) is 96.1 Å². The first kappa shape index (κ1) is 16.6. The van der Waals surface area contributed by atoms with E-state index in [4.69, 9.17) is 4.74 Å². The van der Waals surface area contributed by atoms with Crippen molar-refractivity contribution < 1.29 is 14.3 Å². The molecule has 7 heteroatoms. The maximum absolute atomic E-state index is 12.5. The molecule has 1 fully saturated rings. The summed E-state index contributed by atoms with van der Waals surface area (Å²) in [4.78, 5) is 23.8. The predicted octanol–water partition coefficient (Wildman–Crippen LogP) is 3.12. The molecule has 0 saturated heterocycles. The Kier molecular flexibility index (Phi) is 4.60. The van der Waals surface area contributed by atoms with Crippen LogP contribution < -0.4 is 15.4 Å². The molecule has 136 valence electrons. The highest BCUT2D eigenvalue weighted by Crippen LogP contribution is 2.29. The molecule has 7 nitrogen and oxygen atoms in total. The Morgan fingerprint density at radius 1 is 1.23 bits per heavy atom. The molecule has 0 bridgehead atoms. The number of aromatic nitrogens is 2. The van der Waals surface area contributed by atoms with Gasteiger partial charge in [-0.25, -0.2) is 0 Å². The van der Waals surface area contributed by atoms with Crippen molar-refractivity contribution in [2.75, 3.05) is 17.2 Å². The molecule has 26 heavy (non-hydrogen) atoms. The molecule has 0 unspecified atom stereocenters. The normalized spacial score (nSPS) is 17.2. The van der Waals surface area contributed by atoms with Crippen LogP contribution in [-0.4, -0.2) is 28.6 Å². The Balaban J connectivity index is 1.39. The zero-order valence-corrected chi connectivity index (χ0v) is 14.5. The minimum atomic E-state index is -0.260. The summed E-state index contributed by atoms with van der Waals surface area (Å²) in [6, 6.07) is 6.85. The first-order valence-corrected chi connectivity index (χ1v) is 9.10. The minimum absolute atomic E-state index is 0.0397. The monoisotopic (exact) mass is 354 g/mol. The fourth-order valence-electron chi connectivity index (χ4n) is 3.64. The molecule has 1 aromatic heterocycles. The Hall–Kier alpha value is -2.83. The van der Waals surface area contributed by atoms with Crippen molar-refractivity contribution in [2.45, 2.75) is 38.5 Å². The van der Waals surface area contributed by atoms with Crippen LogP contribution in [0.25, 0.3) is 0 Å². The average Bonchev–Trinajstić information content (AvgIpc) is 3.08. The van der Waals surface area contributed by atoms with Gasteiger partial charge >= 0.3 is 0 Å². The number of hydrogen-bond acceptors (Lipinski definition) is 4. The molecular formula is C19H22N4O3. The van der Waals surface area contributed by atoms with Crippen LogP contribution in [0.2, 0.25) is 0 Å². The van der Waals surface area contributed by atoms with Gasteiger partial charge in [0.05, 0.1) is 5.69 Å². The summed E-state index contributed by atoms with van der Waals surface area (Å²) < 4.78 is 5.35. The molecule has 2 heterocycles. The van der Waals surface area contributed by atoms with Gasteiger partial charge in [0.2, 0.25) is 0 Å². The minimum Gasteiger partial charge on any atom is -0.482 e. The number of amides is 2. The zero-order chi connectivity index (χ0) is 17.9. The van der Waals surface area contributed by atoms with Gasteiger partial charge < -0.3 is 15.4 Å². The number of H-pyrrole nitrogens is 1. The zero-order valence-electron chi connectivity index (χ0n) is 14.5. The van der Waals surface area contributed by atoms with Gasteiger partial charge in [-0.15, -0.1) is 0 Å². The van der Waals surface area contributed by atoms with Crippen LogP contribution in [0.15, 0.2) is 24.3 Å². The molecule has 0 atom stereocenters. The third-order valence-electron chi connectivity index (χ3n) is 4.98. The molecule has 1 aliphatic carbocycles. The van der Waals surface area contributed by atoms with Crippen molar-refractivity contribution >= 4 is 23.3 Å². The number of fused-ring (bicyclic) bond motifs is 1. The summed E-state index contributed by atoms with van der Waals surface area (Å²) >= 11 is 0. The van der Waals surface area contributed by atoms with E-state index in [1.54, 1.807) is 18.2 Å². The maximum atomic E-state index is 12.5. The lowest BCUT2D eigenvalue weighted by Crippen LogP contribution is -2.25. The first-order valence-electron chi connectivity index (χ1n) is 9.10. The second-order valence-electron chi connectivity index (χ2n) is 6.99. The van der Waals surface area contributed by atoms with Gasteiger partial charge in [0, 0.05) is 17.3 Å². The lowest BCUT2D eigenvalue weighted by atomic mass is 9.86. The van der Waals surface area contributed by atoms with Crippen LogP contribution >= 0.6 is 0 Å². The Morgan fingerprint density at radius 3 is 2.92 bits per heavy atom. The maximum Gasteiger partial charge on any atom is 0.262 e. The Bertz CT molecular complexity index is 824. The molecule has 4 rings (SSSR count). The SMILES string of the molecule is O=C1COc2cc(C(=O)Nc3cc(CC4CCCCC4)[nH]n3)ccc2N1. The summed E-state index contributed by atoms with van der Waals surface area (Å²) in [7, 11) is 0. The van der Waals surface area contributed by atoms with E-state index in [-0.39, 0.29) is 18.4 Å². The Labute approximate surface area is 151 Å². The van der Waals surface area contributed by atoms with Gasteiger partial charge in [-0.3, -0.25) is 14.7 Å². The first-order chi connectivity index (χ1) is 12.7. The van der Waals surface area contributed by atoms with Crippen molar-refractivity contribution in [2.24, 2.45) is 5.92 Å². The van der Waals surface area contributed by atoms with Crippen molar-refractivity contribution in [1.29, 1.82) is 0 Å². The second-order valence-corrected chi connectivity index (χ2v) is 6.99. The van der Waals surface area contributed by atoms with E-state index in [9.17, 15) is 9.59 Å². The van der Waals surface area contributed by atoms with Crippen molar-refractivity contribution in [3.8, 4) is 5.75 Å². The summed E-state index contributed by atoms with van der Waals surface area (Å²) in [6.45, 7) is -0.0397. The van der Waals surface area contributed by atoms with E-state index in [0.29, 0.717) is 28.7 Å². The van der Waals surface area contributed by atoms with E-state index in [1.807, 2.05) is 6.07 Å². The van der Waals surface area contributed by atoms with Crippen LogP contribution in [-0.2, 0) is 11.2 Å². The fourth-order valence-corrected chi connectivity index (χ4v) is 3.64. The number of carbonyl (C=O) groups excluding carboxylic acids is 2. The Morgan fingerprint density at radius 2 is 2.08 bits per heavy atom. The summed E-state index contributed by atoms with van der Waals surface area (Å²) in [5.74, 6) is 1.27. The lowest BCUT2D eigenvalue weighted by Gasteiger charge is -2.20. The van der Waals surface area contributed by atoms with Gasteiger partial charge in [-0.2, -0.15) is 5.10 Å². The quantitative estimate of drug-likeness (QED) is 0.786. The summed E-state index contributed by atoms with van der Waals surface area (Å²) in [5, 5.41) is 12.7. The number of hydrogen-bond donors (Lipinski definition) is 3. The number of rotatable bonds is 4. The van der Waals surface area contributed by atoms with Crippen LogP contribution in [0.4, 0.5) is 11.5 Å². The summed E-state index contributed by atoms with van der Waals surface area (Å²) in [5.41, 5.74) is 2.09. The van der Waals surface area contributed by atoms with Crippen molar-refractivity contribution in [1.82, 2.24) is 10.2 Å². The largest absolute Gasteiger partial charge is 0.482 e. The van der Waals surface area contributed by atoms with E-state index in [2.05, 4.69) is 20.8 Å². The van der Waals surface area contributed by atoms with Crippen LogP contribution in [0.5, 0.6) is 5.75 Å². The van der Waals surface area contributed by atoms with E-state index in [1.165, 1.54) is 32.1 Å². The number of nitrogens with one attached hydrogen (secondary N) is 3. The van der Waals surface area contributed by atoms with Gasteiger partial charge in [-0.05, 0) is 30.5 Å². The molecule has 0 spiro atoms. The highest BCUT2D eigenvalue weighted by atomic mass is 16.5. The highest BCUT2D eigenvalue weighted by Gasteiger charge is 2.19. The van der Waals surface area contributed by atoms with Gasteiger partial charge in [0.25, 0.3) is 11.8 Å². The number of aromatic amines is 1. The second kappa shape index (κ2) is 7.19. The van der Waals surface area contributed by atoms with E-state index >= 15 is 0 Å². The van der Waals surface area contributed by atoms with Gasteiger partial charge in [0.15, 0.2) is 12.4 Å². The number of carbonyl (C=O) groups is 2. The fraction of sp³-hybridized carbons (Fsp3) is 0.421. The third kappa shape index (κ3) is 3.71. The lowest BCUT2D eigenvalue weighted by molar-refractivity contribution is -0.118. The number of ether oxygens (including phenoxy) is 1. The molecule has 2 aliphatic rings. The van der Waals surface area contributed by atoms with Crippen LogP contribution in [0.1, 0.15) is 48.2 Å². The predicted molar refractivity (Wildman–Crippen MR) is 97.4 cm³/mol. The molecule has 1 aromatic carbocycles. The average molecular weight is 354 g/mol. The van der Waals surface area contributed by atoms with Gasteiger partial charge in [-0.1, -0.05) is 32.1 Å². The van der Waals surface area contributed by atoms with Gasteiger partial charge in [0.1, 0.15) is 5.75 Å². The smallest absolute Gasteiger partial charge is 0.262 e. The number of benzene rings is 1. The molecular weight excluding hydrogens is 332 g/mol. The summed E-state index contributed by atoms with van der Waals surface area (Å²) in [6.07, 6.45) is 7.48. The van der Waals surface area contributed by atoms with Crippen molar-refractivity contribution in [3.63, 3.8) is 0 Å². The molecule has 1 saturated carbocycles. The van der Waals surface area contributed by atoms with Crippen molar-refractivity contribution in [3.05, 3.63) is 35.5 Å². The molecule has 1 aliphatic heterocycles.